The second kappa shape index (κ2) is 11.7. The number of amides is 3. The van der Waals surface area contributed by atoms with E-state index in [9.17, 15) is 19.2 Å². The lowest BCUT2D eigenvalue weighted by Crippen LogP contribution is -2.43. The van der Waals surface area contributed by atoms with Crippen LogP contribution in [-0.4, -0.2) is 49.9 Å². The normalized spacial score (nSPS) is 16.6. The lowest BCUT2D eigenvalue weighted by Gasteiger charge is -2.15. The minimum atomic E-state index is -0.765. The molecule has 0 aliphatic carbocycles. The Balaban J connectivity index is 0.000000374. The number of carbonyl (C=O) groups is 4. The van der Waals surface area contributed by atoms with Gasteiger partial charge in [0.2, 0.25) is 18.6 Å². The predicted octanol–water partition coefficient (Wildman–Crippen LogP) is 1.35. The van der Waals surface area contributed by atoms with Crippen molar-refractivity contribution in [1.29, 1.82) is 0 Å². The minimum Gasteiger partial charge on any atom is -0.454 e. The molecule has 2 unspecified atom stereocenters. The molecule has 2 atom stereocenters. The Hall–Kier alpha value is -3.88. The molecule has 0 aromatic heterocycles. The Morgan fingerprint density at radius 2 is 1.91 bits per heavy atom. The fourth-order valence-electron chi connectivity index (χ4n) is 3.42. The van der Waals surface area contributed by atoms with Crippen LogP contribution in [0.2, 0.25) is 0 Å². The van der Waals surface area contributed by atoms with Crippen LogP contribution >= 0.6 is 0 Å². The molecule has 3 amide bonds. The standard InChI is InChI=1S/C17H19N3O6.C7H8/c21-8-12(5-11-3-4-18-16(11)23)20-15(22)7-19-17(24)10-1-2-13-14(6-10)26-9-25-13;1-7-5-3-2-4-6-7/h1-2,6,8,11-12H,3-5,7,9H2,(H,18,23)(H,19,24)(H,20,22);2-6H,1H3. The van der Waals surface area contributed by atoms with Gasteiger partial charge in [0.05, 0.1) is 12.6 Å². The second-order valence-electron chi connectivity index (χ2n) is 7.73. The van der Waals surface area contributed by atoms with E-state index < -0.39 is 17.9 Å². The number of hydrogen-bond donors (Lipinski definition) is 3. The molecule has 2 aromatic carbocycles. The van der Waals surface area contributed by atoms with Gasteiger partial charge < -0.3 is 30.2 Å². The average molecular weight is 453 g/mol. The highest BCUT2D eigenvalue weighted by Gasteiger charge is 2.27. The van der Waals surface area contributed by atoms with Crippen molar-refractivity contribution >= 4 is 24.0 Å². The molecular formula is C24H27N3O6. The van der Waals surface area contributed by atoms with Gasteiger partial charge in [-0.3, -0.25) is 14.4 Å². The number of fused-ring (bicyclic) bond motifs is 1. The first kappa shape index (κ1) is 23.8. The topological polar surface area (TPSA) is 123 Å². The van der Waals surface area contributed by atoms with Gasteiger partial charge in [-0.2, -0.15) is 0 Å². The zero-order chi connectivity index (χ0) is 23.6. The lowest BCUT2D eigenvalue weighted by atomic mass is 9.99. The maximum absolute atomic E-state index is 12.1. The average Bonchev–Trinajstić information content (AvgIpc) is 3.46. The van der Waals surface area contributed by atoms with Gasteiger partial charge in [-0.05, 0) is 38.0 Å². The highest BCUT2D eigenvalue weighted by molar-refractivity contribution is 5.97. The fourth-order valence-corrected chi connectivity index (χ4v) is 3.42. The monoisotopic (exact) mass is 453 g/mol. The highest BCUT2D eigenvalue weighted by Crippen LogP contribution is 2.32. The molecule has 33 heavy (non-hydrogen) atoms. The third-order valence-electron chi connectivity index (χ3n) is 5.20. The summed E-state index contributed by atoms with van der Waals surface area (Å²) in [6.45, 7) is 2.48. The van der Waals surface area contributed by atoms with E-state index in [4.69, 9.17) is 9.47 Å². The number of aldehydes is 1. The van der Waals surface area contributed by atoms with E-state index in [1.54, 1.807) is 12.1 Å². The minimum absolute atomic E-state index is 0.106. The first-order valence-corrected chi connectivity index (χ1v) is 10.7. The number of ether oxygens (including phenoxy) is 2. The van der Waals surface area contributed by atoms with Crippen molar-refractivity contribution in [3.8, 4) is 11.5 Å². The number of nitrogens with one attached hydrogen (secondary N) is 3. The van der Waals surface area contributed by atoms with Crippen molar-refractivity contribution in [2.75, 3.05) is 19.9 Å². The first-order valence-electron chi connectivity index (χ1n) is 10.7. The van der Waals surface area contributed by atoms with Crippen molar-refractivity contribution < 1.29 is 28.7 Å². The zero-order valence-corrected chi connectivity index (χ0v) is 18.3. The van der Waals surface area contributed by atoms with E-state index in [2.05, 4.69) is 35.0 Å². The van der Waals surface area contributed by atoms with Crippen LogP contribution < -0.4 is 25.4 Å². The molecule has 0 bridgehead atoms. The summed E-state index contributed by atoms with van der Waals surface area (Å²) < 4.78 is 10.4. The molecule has 3 N–H and O–H groups in total. The summed E-state index contributed by atoms with van der Waals surface area (Å²) in [6, 6.07) is 14.2. The molecule has 174 valence electrons. The molecule has 1 saturated heterocycles. The van der Waals surface area contributed by atoms with Gasteiger partial charge in [-0.15, -0.1) is 0 Å². The molecule has 0 spiro atoms. The molecule has 2 heterocycles. The maximum Gasteiger partial charge on any atom is 0.251 e. The zero-order valence-electron chi connectivity index (χ0n) is 18.3. The molecule has 0 radical (unpaired) electrons. The third kappa shape index (κ3) is 7.06. The quantitative estimate of drug-likeness (QED) is 0.544. The molecule has 4 rings (SSSR count). The van der Waals surface area contributed by atoms with E-state index in [-0.39, 0.29) is 31.6 Å². The van der Waals surface area contributed by atoms with Crippen molar-refractivity contribution in [3.05, 3.63) is 59.7 Å². The van der Waals surface area contributed by atoms with Crippen LogP contribution in [0.15, 0.2) is 48.5 Å². The SMILES string of the molecule is Cc1ccccc1.O=CC(CC1CCNC1=O)NC(=O)CNC(=O)c1ccc2c(c1)OCO2. The van der Waals surface area contributed by atoms with Crippen LogP contribution in [-0.2, 0) is 14.4 Å². The Labute approximate surface area is 191 Å². The van der Waals surface area contributed by atoms with E-state index in [1.807, 2.05) is 18.2 Å². The van der Waals surface area contributed by atoms with Crippen LogP contribution in [0.25, 0.3) is 0 Å². The van der Waals surface area contributed by atoms with Gasteiger partial charge >= 0.3 is 0 Å². The number of benzene rings is 2. The molecule has 2 aliphatic heterocycles. The molecule has 2 aromatic rings. The summed E-state index contributed by atoms with van der Waals surface area (Å²) in [5, 5.41) is 7.68. The van der Waals surface area contributed by atoms with E-state index in [1.165, 1.54) is 11.6 Å². The molecule has 1 fully saturated rings. The summed E-state index contributed by atoms with van der Waals surface area (Å²) >= 11 is 0. The summed E-state index contributed by atoms with van der Waals surface area (Å²) in [5.74, 6) is -0.316. The number of aryl methyl sites for hydroxylation is 1. The number of rotatable bonds is 7. The largest absolute Gasteiger partial charge is 0.454 e. The van der Waals surface area contributed by atoms with Crippen molar-refractivity contribution in [2.45, 2.75) is 25.8 Å². The Kier molecular flexibility index (Phi) is 8.40. The molecule has 9 heteroatoms. The van der Waals surface area contributed by atoms with Gasteiger partial charge in [-0.1, -0.05) is 35.9 Å². The van der Waals surface area contributed by atoms with Gasteiger partial charge in [0.15, 0.2) is 11.5 Å². The smallest absolute Gasteiger partial charge is 0.251 e. The van der Waals surface area contributed by atoms with Crippen LogP contribution in [0.1, 0.15) is 28.8 Å². The van der Waals surface area contributed by atoms with Crippen molar-refractivity contribution in [1.82, 2.24) is 16.0 Å². The molecular weight excluding hydrogens is 426 g/mol. The maximum atomic E-state index is 12.1. The first-order chi connectivity index (χ1) is 16.0. The van der Waals surface area contributed by atoms with Gasteiger partial charge in [0.25, 0.3) is 5.91 Å². The Morgan fingerprint density at radius 1 is 1.15 bits per heavy atom. The summed E-state index contributed by atoms with van der Waals surface area (Å²) in [5.41, 5.74) is 1.65. The third-order valence-corrected chi connectivity index (χ3v) is 5.20. The van der Waals surface area contributed by atoms with Crippen LogP contribution in [0, 0.1) is 12.8 Å². The van der Waals surface area contributed by atoms with Crippen molar-refractivity contribution in [2.24, 2.45) is 5.92 Å². The number of carbonyl (C=O) groups excluding carboxylic acids is 4. The Bertz CT molecular complexity index is 995. The van der Waals surface area contributed by atoms with Crippen molar-refractivity contribution in [3.63, 3.8) is 0 Å². The van der Waals surface area contributed by atoms with E-state index >= 15 is 0 Å². The summed E-state index contributed by atoms with van der Waals surface area (Å²) in [6.07, 6.45) is 1.49. The number of hydrogen-bond acceptors (Lipinski definition) is 6. The Morgan fingerprint density at radius 3 is 2.55 bits per heavy atom. The highest BCUT2D eigenvalue weighted by atomic mass is 16.7. The summed E-state index contributed by atoms with van der Waals surface area (Å²) in [7, 11) is 0. The van der Waals surface area contributed by atoms with Gasteiger partial charge in [0.1, 0.15) is 6.29 Å². The van der Waals surface area contributed by atoms with Gasteiger partial charge in [-0.25, -0.2) is 0 Å². The molecule has 2 aliphatic rings. The van der Waals surface area contributed by atoms with Crippen LogP contribution in [0.3, 0.4) is 0 Å². The van der Waals surface area contributed by atoms with E-state index in [0.717, 1.165) is 0 Å². The summed E-state index contributed by atoms with van der Waals surface area (Å²) in [4.78, 5) is 46.8. The fraction of sp³-hybridized carbons (Fsp3) is 0.333. The molecule has 0 saturated carbocycles. The predicted molar refractivity (Wildman–Crippen MR) is 120 cm³/mol. The molecule has 9 nitrogen and oxygen atoms in total. The second-order valence-corrected chi connectivity index (χ2v) is 7.73. The lowest BCUT2D eigenvalue weighted by molar-refractivity contribution is -0.125. The van der Waals surface area contributed by atoms with Crippen LogP contribution in [0.5, 0.6) is 11.5 Å². The van der Waals surface area contributed by atoms with Gasteiger partial charge in [0, 0.05) is 18.0 Å². The van der Waals surface area contributed by atoms with Crippen LogP contribution in [0.4, 0.5) is 0 Å². The van der Waals surface area contributed by atoms with E-state index in [0.29, 0.717) is 36.3 Å².